The maximum atomic E-state index is 13.4. The van der Waals surface area contributed by atoms with E-state index < -0.39 is 22.5 Å². The minimum atomic E-state index is -4.10. The molecule has 0 aliphatic rings. The molecule has 0 aliphatic carbocycles. The number of carbonyl (C=O) groups excluding carboxylic acids is 1. The molecule has 0 atom stereocenters. The summed E-state index contributed by atoms with van der Waals surface area (Å²) >= 11 is 12.3. The number of carbonyl (C=O) groups is 1. The smallest absolute Gasteiger partial charge is 0.264 e. The van der Waals surface area contributed by atoms with Gasteiger partial charge in [-0.05, 0) is 65.7 Å². The fourth-order valence-corrected chi connectivity index (χ4v) is 5.56. The SMILES string of the molecule is O=C(CN(c1ccc(Cl)cc1Cl)S(=O)(=O)c1ccccc1)NCc1ccc(OCc2ccc(F)cc2)cc1. The van der Waals surface area contributed by atoms with Gasteiger partial charge in [-0.1, -0.05) is 65.7 Å². The average Bonchev–Trinajstić information content (AvgIpc) is 2.92. The number of hydrogen-bond donors (Lipinski definition) is 1. The Morgan fingerprint density at radius 3 is 2.18 bits per heavy atom. The largest absolute Gasteiger partial charge is 0.489 e. The van der Waals surface area contributed by atoms with Crippen molar-refractivity contribution < 1.29 is 22.3 Å². The topological polar surface area (TPSA) is 75.7 Å². The van der Waals surface area contributed by atoms with Crippen molar-refractivity contribution in [3.63, 3.8) is 0 Å². The van der Waals surface area contributed by atoms with E-state index in [1.54, 1.807) is 54.6 Å². The van der Waals surface area contributed by atoms with E-state index in [0.717, 1.165) is 15.4 Å². The number of ether oxygens (including phenoxy) is 1. The maximum absolute atomic E-state index is 13.4. The van der Waals surface area contributed by atoms with Crippen molar-refractivity contribution >= 4 is 44.8 Å². The molecule has 0 unspecified atom stereocenters. The lowest BCUT2D eigenvalue weighted by molar-refractivity contribution is -0.119. The van der Waals surface area contributed by atoms with E-state index >= 15 is 0 Å². The summed E-state index contributed by atoms with van der Waals surface area (Å²) in [5.41, 5.74) is 1.76. The van der Waals surface area contributed by atoms with Crippen LogP contribution in [-0.2, 0) is 28.0 Å². The van der Waals surface area contributed by atoms with Crippen molar-refractivity contribution in [1.82, 2.24) is 5.32 Å². The molecule has 0 saturated carbocycles. The first-order chi connectivity index (χ1) is 18.2. The fourth-order valence-electron chi connectivity index (χ4n) is 3.54. The van der Waals surface area contributed by atoms with E-state index in [-0.39, 0.29) is 34.6 Å². The molecule has 4 aromatic carbocycles. The second-order valence-electron chi connectivity index (χ2n) is 8.26. The van der Waals surface area contributed by atoms with Gasteiger partial charge in [-0.2, -0.15) is 0 Å². The second kappa shape index (κ2) is 12.3. The van der Waals surface area contributed by atoms with Gasteiger partial charge in [-0.15, -0.1) is 0 Å². The van der Waals surface area contributed by atoms with Gasteiger partial charge in [0.25, 0.3) is 10.0 Å². The number of benzene rings is 4. The van der Waals surface area contributed by atoms with Crippen LogP contribution < -0.4 is 14.4 Å². The summed E-state index contributed by atoms with van der Waals surface area (Å²) in [6.07, 6.45) is 0. The number of hydrogen-bond acceptors (Lipinski definition) is 4. The summed E-state index contributed by atoms with van der Waals surface area (Å²) < 4.78 is 46.5. The molecule has 38 heavy (non-hydrogen) atoms. The molecule has 4 rings (SSSR count). The highest BCUT2D eigenvalue weighted by Gasteiger charge is 2.28. The lowest BCUT2D eigenvalue weighted by atomic mass is 10.2. The Hall–Kier alpha value is -3.59. The van der Waals surface area contributed by atoms with E-state index in [9.17, 15) is 17.6 Å². The van der Waals surface area contributed by atoms with E-state index in [4.69, 9.17) is 27.9 Å². The first-order valence-electron chi connectivity index (χ1n) is 11.5. The molecular weight excluding hydrogens is 550 g/mol. The Morgan fingerprint density at radius 1 is 0.868 bits per heavy atom. The molecule has 0 heterocycles. The number of nitrogens with zero attached hydrogens (tertiary/aromatic N) is 1. The van der Waals surface area contributed by atoms with E-state index in [1.807, 2.05) is 0 Å². The van der Waals surface area contributed by atoms with Gasteiger partial charge < -0.3 is 10.1 Å². The van der Waals surface area contributed by atoms with Gasteiger partial charge in [0.2, 0.25) is 5.91 Å². The van der Waals surface area contributed by atoms with Crippen LogP contribution >= 0.6 is 23.2 Å². The van der Waals surface area contributed by atoms with Crippen LogP contribution in [-0.4, -0.2) is 20.9 Å². The molecule has 0 bridgehead atoms. The molecule has 0 radical (unpaired) electrons. The van der Waals surface area contributed by atoms with E-state index in [1.165, 1.54) is 42.5 Å². The third-order valence-corrected chi connectivity index (χ3v) is 7.84. The summed E-state index contributed by atoms with van der Waals surface area (Å²) in [6, 6.07) is 25.3. The van der Waals surface area contributed by atoms with Crippen molar-refractivity contribution in [2.75, 3.05) is 10.8 Å². The number of halogens is 3. The minimum Gasteiger partial charge on any atom is -0.489 e. The third-order valence-electron chi connectivity index (χ3n) is 5.53. The van der Waals surface area contributed by atoms with Crippen LogP contribution in [0.15, 0.2) is 102 Å². The normalized spacial score (nSPS) is 11.1. The standard InChI is InChI=1S/C28H23Cl2FN2O4S/c29-22-10-15-27(26(30)16-22)33(38(35,36)25-4-2-1-3-5-25)18-28(34)32-17-20-8-13-24(14-9-20)37-19-21-6-11-23(31)12-7-21/h1-16H,17-19H2,(H,32,34). The Labute approximate surface area is 230 Å². The third kappa shape index (κ3) is 7.04. The van der Waals surface area contributed by atoms with Gasteiger partial charge in [-0.3, -0.25) is 9.10 Å². The minimum absolute atomic E-state index is 0.0232. The van der Waals surface area contributed by atoms with Crippen LogP contribution in [0.25, 0.3) is 0 Å². The fraction of sp³-hybridized carbons (Fsp3) is 0.107. The van der Waals surface area contributed by atoms with Crippen molar-refractivity contribution in [2.24, 2.45) is 0 Å². The zero-order chi connectivity index (χ0) is 27.1. The van der Waals surface area contributed by atoms with Crippen LogP contribution in [0.2, 0.25) is 10.0 Å². The maximum Gasteiger partial charge on any atom is 0.264 e. The highest BCUT2D eigenvalue weighted by Crippen LogP contribution is 2.32. The molecule has 0 aliphatic heterocycles. The summed E-state index contributed by atoms with van der Waals surface area (Å²) in [5.74, 6) is -0.216. The van der Waals surface area contributed by atoms with Gasteiger partial charge >= 0.3 is 0 Å². The summed E-state index contributed by atoms with van der Waals surface area (Å²) in [7, 11) is -4.10. The molecule has 10 heteroatoms. The van der Waals surface area contributed by atoms with Crippen LogP contribution in [0.4, 0.5) is 10.1 Å². The van der Waals surface area contributed by atoms with Crippen LogP contribution in [0.1, 0.15) is 11.1 Å². The Bertz CT molecular complexity index is 1500. The lowest BCUT2D eigenvalue weighted by Gasteiger charge is -2.25. The summed E-state index contributed by atoms with van der Waals surface area (Å²) in [4.78, 5) is 12.9. The number of sulfonamides is 1. The molecule has 1 N–H and O–H groups in total. The molecule has 0 fully saturated rings. The summed E-state index contributed by atoms with van der Waals surface area (Å²) in [5, 5.41) is 3.18. The summed E-state index contributed by atoms with van der Waals surface area (Å²) in [6.45, 7) is -0.0303. The highest BCUT2D eigenvalue weighted by atomic mass is 35.5. The van der Waals surface area contributed by atoms with E-state index in [2.05, 4.69) is 5.32 Å². The zero-order valence-electron chi connectivity index (χ0n) is 20.0. The van der Waals surface area contributed by atoms with Crippen LogP contribution in [0.3, 0.4) is 0 Å². The molecule has 196 valence electrons. The molecule has 4 aromatic rings. The van der Waals surface area contributed by atoms with Crippen molar-refractivity contribution in [1.29, 1.82) is 0 Å². The molecule has 0 saturated heterocycles. The number of rotatable bonds is 10. The van der Waals surface area contributed by atoms with Crippen LogP contribution in [0.5, 0.6) is 5.75 Å². The average molecular weight is 573 g/mol. The predicted octanol–water partition coefficient (Wildman–Crippen LogP) is 6.22. The number of amides is 1. The monoisotopic (exact) mass is 572 g/mol. The van der Waals surface area contributed by atoms with E-state index in [0.29, 0.717) is 10.8 Å². The van der Waals surface area contributed by atoms with Crippen LogP contribution in [0, 0.1) is 5.82 Å². The van der Waals surface area contributed by atoms with Gasteiger partial charge in [0, 0.05) is 11.6 Å². The Kier molecular flexibility index (Phi) is 8.89. The molecule has 1 amide bonds. The highest BCUT2D eigenvalue weighted by molar-refractivity contribution is 7.92. The van der Waals surface area contributed by atoms with Crippen molar-refractivity contribution in [3.8, 4) is 5.75 Å². The quantitative estimate of drug-likeness (QED) is 0.244. The molecular formula is C28H23Cl2FN2O4S. The number of anilines is 1. The Morgan fingerprint density at radius 2 is 1.53 bits per heavy atom. The lowest BCUT2D eigenvalue weighted by Crippen LogP contribution is -2.40. The Balaban J connectivity index is 1.42. The van der Waals surface area contributed by atoms with Gasteiger partial charge in [0.15, 0.2) is 0 Å². The first kappa shape index (κ1) is 27.4. The van der Waals surface area contributed by atoms with Gasteiger partial charge in [-0.25, -0.2) is 12.8 Å². The zero-order valence-corrected chi connectivity index (χ0v) is 22.3. The molecule has 0 aromatic heterocycles. The molecule has 0 spiro atoms. The first-order valence-corrected chi connectivity index (χ1v) is 13.7. The van der Waals surface area contributed by atoms with Gasteiger partial charge in [0.1, 0.15) is 24.7 Å². The molecule has 6 nitrogen and oxygen atoms in total. The second-order valence-corrected chi connectivity index (χ2v) is 11.0. The van der Waals surface area contributed by atoms with Crippen molar-refractivity contribution in [2.45, 2.75) is 18.0 Å². The van der Waals surface area contributed by atoms with Gasteiger partial charge in [0.05, 0.1) is 15.6 Å². The predicted molar refractivity (Wildman–Crippen MR) is 146 cm³/mol. The number of nitrogens with one attached hydrogen (secondary N) is 1. The van der Waals surface area contributed by atoms with Crippen molar-refractivity contribution in [3.05, 3.63) is 124 Å².